The Hall–Kier alpha value is -3.11. The van der Waals surface area contributed by atoms with Gasteiger partial charge < -0.3 is 10.2 Å². The van der Waals surface area contributed by atoms with Crippen LogP contribution in [-0.2, 0) is 6.54 Å². The highest BCUT2D eigenvalue weighted by Gasteiger charge is 2.24. The molecule has 170 valence electrons. The molecule has 0 radical (unpaired) electrons. The number of carbonyl (C=O) groups excluding carboxylic acids is 1. The van der Waals surface area contributed by atoms with Gasteiger partial charge in [0.1, 0.15) is 0 Å². The maximum atomic E-state index is 13.1. The summed E-state index contributed by atoms with van der Waals surface area (Å²) in [5, 5.41) is 3.05. The number of rotatable bonds is 3. The average Bonchev–Trinajstić information content (AvgIpc) is 3.03. The van der Waals surface area contributed by atoms with E-state index in [1.165, 1.54) is 54.4 Å². The first kappa shape index (κ1) is 21.7. The van der Waals surface area contributed by atoms with Crippen LogP contribution < -0.4 is 10.2 Å². The lowest BCUT2D eigenvalue weighted by molar-refractivity contribution is 0.256. The summed E-state index contributed by atoms with van der Waals surface area (Å²) < 4.78 is 0. The second-order valence-corrected chi connectivity index (χ2v) is 9.49. The van der Waals surface area contributed by atoms with Crippen molar-refractivity contribution in [3.63, 3.8) is 0 Å². The van der Waals surface area contributed by atoms with E-state index in [9.17, 15) is 4.79 Å². The van der Waals surface area contributed by atoms with Gasteiger partial charge in [-0.2, -0.15) is 0 Å². The first-order valence-electron chi connectivity index (χ1n) is 12.2. The molecule has 4 nitrogen and oxygen atoms in total. The number of amides is 2. The normalized spacial score (nSPS) is 17.3. The van der Waals surface area contributed by atoms with Gasteiger partial charge in [0.25, 0.3) is 0 Å². The molecule has 3 aromatic carbocycles. The predicted octanol–water partition coefficient (Wildman–Crippen LogP) is 6.89. The number of urea groups is 1. The molecular formula is C29H33N3O. The van der Waals surface area contributed by atoms with E-state index in [2.05, 4.69) is 59.7 Å². The maximum Gasteiger partial charge on any atom is 0.326 e. The van der Waals surface area contributed by atoms with E-state index < -0.39 is 0 Å². The van der Waals surface area contributed by atoms with Crippen LogP contribution in [0.3, 0.4) is 0 Å². The summed E-state index contributed by atoms with van der Waals surface area (Å²) >= 11 is 0. The number of hydrogen-bond donors (Lipinski definition) is 1. The van der Waals surface area contributed by atoms with Crippen LogP contribution in [0.4, 0.5) is 16.2 Å². The smallest absolute Gasteiger partial charge is 0.308 e. The van der Waals surface area contributed by atoms with E-state index in [0.717, 1.165) is 30.4 Å². The van der Waals surface area contributed by atoms with E-state index in [1.807, 2.05) is 35.2 Å². The van der Waals surface area contributed by atoms with E-state index >= 15 is 0 Å². The molecule has 0 spiro atoms. The fourth-order valence-corrected chi connectivity index (χ4v) is 5.22. The Kier molecular flexibility index (Phi) is 6.45. The highest BCUT2D eigenvalue weighted by Crippen LogP contribution is 2.35. The van der Waals surface area contributed by atoms with Gasteiger partial charge in [-0.1, -0.05) is 67.8 Å². The molecule has 0 unspecified atom stereocenters. The monoisotopic (exact) mass is 439 g/mol. The number of benzene rings is 3. The second-order valence-electron chi connectivity index (χ2n) is 9.49. The number of nitrogens with one attached hydrogen (secondary N) is 1. The summed E-state index contributed by atoms with van der Waals surface area (Å²) in [5.41, 5.74) is 6.93. The van der Waals surface area contributed by atoms with Crippen molar-refractivity contribution in [3.8, 4) is 11.1 Å². The number of hydrogen-bond acceptors (Lipinski definition) is 2. The third-order valence-corrected chi connectivity index (χ3v) is 7.11. The SMILES string of the molecule is CN1CCN(C(=O)Nc2ccccc2)c2ccc(-c3ccc(C4CCCCC4)cc3)cc2C1. The van der Waals surface area contributed by atoms with Crippen molar-refractivity contribution >= 4 is 17.4 Å². The fraction of sp³-hybridized carbons (Fsp3) is 0.345. The minimum absolute atomic E-state index is 0.0812. The van der Waals surface area contributed by atoms with E-state index in [1.54, 1.807) is 0 Å². The Bertz CT molecular complexity index is 1090. The molecule has 1 aliphatic heterocycles. The van der Waals surface area contributed by atoms with Crippen molar-refractivity contribution in [1.29, 1.82) is 0 Å². The topological polar surface area (TPSA) is 35.6 Å². The largest absolute Gasteiger partial charge is 0.326 e. The molecular weight excluding hydrogens is 406 g/mol. The maximum absolute atomic E-state index is 13.1. The van der Waals surface area contributed by atoms with Crippen molar-refractivity contribution in [2.45, 2.75) is 44.6 Å². The molecule has 1 fully saturated rings. The number of anilines is 2. The van der Waals surface area contributed by atoms with Crippen LogP contribution in [0.25, 0.3) is 11.1 Å². The number of likely N-dealkylation sites (N-methyl/N-ethyl adjacent to an activating group) is 1. The van der Waals surface area contributed by atoms with Crippen molar-refractivity contribution in [2.24, 2.45) is 0 Å². The molecule has 1 N–H and O–H groups in total. The highest BCUT2D eigenvalue weighted by atomic mass is 16.2. The number of para-hydroxylation sites is 1. The minimum atomic E-state index is -0.0812. The summed E-state index contributed by atoms with van der Waals surface area (Å²) in [6, 6.07) is 25.3. The lowest BCUT2D eigenvalue weighted by atomic mass is 9.83. The molecule has 0 saturated heterocycles. The van der Waals surface area contributed by atoms with Crippen molar-refractivity contribution in [1.82, 2.24) is 4.90 Å². The van der Waals surface area contributed by atoms with Crippen molar-refractivity contribution < 1.29 is 4.79 Å². The number of carbonyl (C=O) groups is 1. The molecule has 0 aromatic heterocycles. The minimum Gasteiger partial charge on any atom is -0.308 e. The van der Waals surface area contributed by atoms with Gasteiger partial charge in [0.15, 0.2) is 0 Å². The fourth-order valence-electron chi connectivity index (χ4n) is 5.22. The molecule has 1 saturated carbocycles. The highest BCUT2D eigenvalue weighted by molar-refractivity contribution is 6.02. The Labute approximate surface area is 197 Å². The third-order valence-electron chi connectivity index (χ3n) is 7.11. The van der Waals surface area contributed by atoms with Crippen LogP contribution in [0.15, 0.2) is 72.8 Å². The molecule has 3 aromatic rings. The van der Waals surface area contributed by atoms with E-state index in [4.69, 9.17) is 0 Å². The molecule has 33 heavy (non-hydrogen) atoms. The molecule has 1 aliphatic carbocycles. The lowest BCUT2D eigenvalue weighted by Crippen LogP contribution is -2.38. The lowest BCUT2D eigenvalue weighted by Gasteiger charge is -2.24. The van der Waals surface area contributed by atoms with Gasteiger partial charge in [-0.05, 0) is 72.3 Å². The summed E-state index contributed by atoms with van der Waals surface area (Å²) in [7, 11) is 2.12. The molecule has 4 heteroatoms. The average molecular weight is 440 g/mol. The van der Waals surface area contributed by atoms with Gasteiger partial charge in [0.05, 0.1) is 0 Å². The zero-order valence-corrected chi connectivity index (χ0v) is 19.5. The second kappa shape index (κ2) is 9.80. The first-order valence-corrected chi connectivity index (χ1v) is 12.2. The van der Waals surface area contributed by atoms with Gasteiger partial charge in [-0.15, -0.1) is 0 Å². The van der Waals surface area contributed by atoms with Crippen LogP contribution in [0.2, 0.25) is 0 Å². The third kappa shape index (κ3) is 4.96. The molecule has 1 heterocycles. The van der Waals surface area contributed by atoms with Crippen LogP contribution in [0, 0.1) is 0 Å². The van der Waals surface area contributed by atoms with Gasteiger partial charge >= 0.3 is 6.03 Å². The Morgan fingerprint density at radius 2 is 1.58 bits per heavy atom. The Balaban J connectivity index is 1.39. The Morgan fingerprint density at radius 1 is 0.848 bits per heavy atom. The van der Waals surface area contributed by atoms with E-state index in [0.29, 0.717) is 6.54 Å². The summed E-state index contributed by atoms with van der Waals surface area (Å²) in [6.07, 6.45) is 6.76. The standard InChI is InChI=1S/C29H33N3O/c1-31-18-19-32(29(33)30-27-10-6-3-7-11-27)28-17-16-25(20-26(28)21-31)24-14-12-23(13-15-24)22-8-4-2-5-9-22/h3,6-7,10-17,20,22H,2,4-5,8-9,18-19,21H2,1H3,(H,30,33). The first-order chi connectivity index (χ1) is 16.2. The van der Waals surface area contributed by atoms with Gasteiger partial charge in [0.2, 0.25) is 0 Å². The molecule has 2 amide bonds. The molecule has 2 aliphatic rings. The summed E-state index contributed by atoms with van der Waals surface area (Å²) in [5.74, 6) is 0.727. The van der Waals surface area contributed by atoms with Gasteiger partial charge in [-0.3, -0.25) is 4.90 Å². The number of nitrogens with zero attached hydrogens (tertiary/aromatic N) is 2. The molecule has 5 rings (SSSR count). The zero-order chi connectivity index (χ0) is 22.6. The van der Waals surface area contributed by atoms with Crippen LogP contribution in [-0.4, -0.2) is 31.1 Å². The van der Waals surface area contributed by atoms with Crippen molar-refractivity contribution in [3.05, 3.63) is 83.9 Å². The summed E-state index contributed by atoms with van der Waals surface area (Å²) in [4.78, 5) is 17.3. The van der Waals surface area contributed by atoms with Crippen LogP contribution in [0.5, 0.6) is 0 Å². The number of fused-ring (bicyclic) bond motifs is 1. The summed E-state index contributed by atoms with van der Waals surface area (Å²) in [6.45, 7) is 2.33. The van der Waals surface area contributed by atoms with Gasteiger partial charge in [-0.25, -0.2) is 4.79 Å². The molecule has 0 bridgehead atoms. The molecule has 0 atom stereocenters. The quantitative estimate of drug-likeness (QED) is 0.482. The Morgan fingerprint density at radius 3 is 2.33 bits per heavy atom. The van der Waals surface area contributed by atoms with E-state index in [-0.39, 0.29) is 6.03 Å². The zero-order valence-electron chi connectivity index (χ0n) is 19.5. The predicted molar refractivity (Wildman–Crippen MR) is 137 cm³/mol. The van der Waals surface area contributed by atoms with Crippen LogP contribution >= 0.6 is 0 Å². The van der Waals surface area contributed by atoms with Crippen molar-refractivity contribution in [2.75, 3.05) is 30.4 Å². The van der Waals surface area contributed by atoms with Crippen LogP contribution in [0.1, 0.15) is 49.1 Å². The van der Waals surface area contributed by atoms with Gasteiger partial charge in [0, 0.05) is 31.0 Å².